The maximum absolute atomic E-state index is 12.2. The predicted molar refractivity (Wildman–Crippen MR) is 78.8 cm³/mol. The number of anilines is 1. The minimum Gasteiger partial charge on any atom is -0.396 e. The van der Waals surface area contributed by atoms with Crippen molar-refractivity contribution in [3.63, 3.8) is 0 Å². The monoisotopic (exact) mass is 295 g/mol. The SMILES string of the molecule is C#CCn1ncc(Cl)c(NCC2(CO)CCCC2)c1=O. The van der Waals surface area contributed by atoms with Crippen LogP contribution in [-0.4, -0.2) is 28.0 Å². The molecule has 2 N–H and O–H groups in total. The van der Waals surface area contributed by atoms with Crippen LogP contribution in [0.4, 0.5) is 5.69 Å². The Morgan fingerprint density at radius 3 is 2.85 bits per heavy atom. The number of nitrogens with one attached hydrogen (secondary N) is 1. The summed E-state index contributed by atoms with van der Waals surface area (Å²) in [5, 5.41) is 16.8. The third-order valence-electron chi connectivity index (χ3n) is 3.88. The molecule has 0 bridgehead atoms. The normalized spacial score (nSPS) is 16.9. The molecule has 0 aromatic carbocycles. The van der Waals surface area contributed by atoms with Gasteiger partial charge in [0.25, 0.3) is 5.56 Å². The van der Waals surface area contributed by atoms with Crippen LogP contribution in [0.3, 0.4) is 0 Å². The van der Waals surface area contributed by atoms with E-state index in [4.69, 9.17) is 18.0 Å². The molecule has 0 amide bonds. The van der Waals surface area contributed by atoms with E-state index in [2.05, 4.69) is 16.3 Å². The van der Waals surface area contributed by atoms with Crippen molar-refractivity contribution in [3.05, 3.63) is 21.6 Å². The molecule has 1 aromatic heterocycles. The van der Waals surface area contributed by atoms with E-state index in [1.807, 2.05) is 0 Å². The molecule has 1 aliphatic rings. The Labute approximate surface area is 123 Å². The van der Waals surface area contributed by atoms with Crippen molar-refractivity contribution in [1.82, 2.24) is 9.78 Å². The topological polar surface area (TPSA) is 67.2 Å². The largest absolute Gasteiger partial charge is 0.396 e. The Morgan fingerprint density at radius 2 is 2.25 bits per heavy atom. The number of halogens is 1. The molecule has 0 atom stereocenters. The second-order valence-corrected chi connectivity index (χ2v) is 5.66. The Bertz CT molecular complexity index is 571. The maximum atomic E-state index is 12.2. The highest BCUT2D eigenvalue weighted by molar-refractivity contribution is 6.32. The molecule has 20 heavy (non-hydrogen) atoms. The van der Waals surface area contributed by atoms with E-state index in [0.29, 0.717) is 12.2 Å². The van der Waals surface area contributed by atoms with Gasteiger partial charge in [-0.05, 0) is 12.8 Å². The van der Waals surface area contributed by atoms with Gasteiger partial charge in [0, 0.05) is 12.0 Å². The fraction of sp³-hybridized carbons (Fsp3) is 0.571. The number of rotatable bonds is 5. The second-order valence-electron chi connectivity index (χ2n) is 5.25. The third-order valence-corrected chi connectivity index (χ3v) is 4.17. The fourth-order valence-electron chi connectivity index (χ4n) is 2.62. The summed E-state index contributed by atoms with van der Waals surface area (Å²) >= 11 is 6.02. The van der Waals surface area contributed by atoms with E-state index in [-0.39, 0.29) is 29.1 Å². The highest BCUT2D eigenvalue weighted by atomic mass is 35.5. The van der Waals surface area contributed by atoms with Gasteiger partial charge in [-0.2, -0.15) is 5.10 Å². The van der Waals surface area contributed by atoms with Crippen molar-refractivity contribution in [2.45, 2.75) is 32.2 Å². The fourth-order valence-corrected chi connectivity index (χ4v) is 2.81. The first-order valence-corrected chi connectivity index (χ1v) is 7.03. The van der Waals surface area contributed by atoms with Crippen molar-refractivity contribution < 1.29 is 5.11 Å². The lowest BCUT2D eigenvalue weighted by atomic mass is 9.87. The van der Waals surface area contributed by atoms with Crippen LogP contribution < -0.4 is 10.9 Å². The van der Waals surface area contributed by atoms with Gasteiger partial charge < -0.3 is 10.4 Å². The lowest BCUT2D eigenvalue weighted by Gasteiger charge is -2.27. The van der Waals surface area contributed by atoms with Gasteiger partial charge in [0.15, 0.2) is 0 Å². The van der Waals surface area contributed by atoms with E-state index in [1.165, 1.54) is 10.9 Å². The molecule has 0 radical (unpaired) electrons. The smallest absolute Gasteiger partial charge is 0.292 e. The van der Waals surface area contributed by atoms with Gasteiger partial charge in [-0.15, -0.1) is 6.42 Å². The zero-order chi connectivity index (χ0) is 14.6. The second kappa shape index (κ2) is 6.29. The zero-order valence-electron chi connectivity index (χ0n) is 11.2. The van der Waals surface area contributed by atoms with Crippen LogP contribution in [0.25, 0.3) is 0 Å². The first-order chi connectivity index (χ1) is 9.62. The molecule has 1 heterocycles. The summed E-state index contributed by atoms with van der Waals surface area (Å²) in [6.45, 7) is 0.746. The zero-order valence-corrected chi connectivity index (χ0v) is 12.0. The number of aliphatic hydroxyl groups excluding tert-OH is 1. The van der Waals surface area contributed by atoms with Gasteiger partial charge in [-0.1, -0.05) is 30.4 Å². The maximum Gasteiger partial charge on any atom is 0.292 e. The van der Waals surface area contributed by atoms with E-state index in [1.54, 1.807) is 0 Å². The van der Waals surface area contributed by atoms with Gasteiger partial charge >= 0.3 is 0 Å². The van der Waals surface area contributed by atoms with Gasteiger partial charge in [0.2, 0.25) is 0 Å². The Morgan fingerprint density at radius 1 is 1.55 bits per heavy atom. The molecule has 0 unspecified atom stereocenters. The predicted octanol–water partition coefficient (Wildman–Crippen LogP) is 1.49. The minimum absolute atomic E-state index is 0.107. The van der Waals surface area contributed by atoms with Crippen LogP contribution in [0, 0.1) is 17.8 Å². The van der Waals surface area contributed by atoms with Gasteiger partial charge in [-0.25, -0.2) is 4.68 Å². The molecule has 6 heteroatoms. The van der Waals surface area contributed by atoms with Crippen LogP contribution in [-0.2, 0) is 6.54 Å². The summed E-state index contributed by atoms with van der Waals surface area (Å²) in [4.78, 5) is 12.2. The summed E-state index contributed by atoms with van der Waals surface area (Å²) in [7, 11) is 0. The average molecular weight is 296 g/mol. The molecule has 1 fully saturated rings. The molecule has 1 aromatic rings. The van der Waals surface area contributed by atoms with Gasteiger partial charge in [0.1, 0.15) is 12.2 Å². The van der Waals surface area contributed by atoms with Crippen molar-refractivity contribution in [2.75, 3.05) is 18.5 Å². The molecule has 1 aliphatic carbocycles. The van der Waals surface area contributed by atoms with E-state index >= 15 is 0 Å². The molecular weight excluding hydrogens is 278 g/mol. The molecule has 1 saturated carbocycles. The lowest BCUT2D eigenvalue weighted by Crippen LogP contribution is -2.33. The molecular formula is C14H18ClN3O2. The van der Waals surface area contributed by atoms with Crippen LogP contribution >= 0.6 is 11.6 Å². The van der Waals surface area contributed by atoms with Gasteiger partial charge in [0.05, 0.1) is 17.8 Å². The number of terminal acetylenes is 1. The average Bonchev–Trinajstić information content (AvgIpc) is 2.91. The molecule has 108 valence electrons. The van der Waals surface area contributed by atoms with E-state index in [9.17, 15) is 9.90 Å². The minimum atomic E-state index is -0.332. The quantitative estimate of drug-likeness (QED) is 0.808. The van der Waals surface area contributed by atoms with E-state index < -0.39 is 0 Å². The number of aromatic nitrogens is 2. The molecule has 5 nitrogen and oxygen atoms in total. The van der Waals surface area contributed by atoms with Gasteiger partial charge in [-0.3, -0.25) is 4.79 Å². The standard InChI is InChI=1S/C14H18ClN3O2/c1-2-7-18-13(20)12(11(15)8-17-18)16-9-14(10-19)5-3-4-6-14/h1,8,16,19H,3-7,9-10H2. The highest BCUT2D eigenvalue weighted by Gasteiger charge is 2.33. The Kier molecular flexibility index (Phi) is 4.69. The van der Waals surface area contributed by atoms with Crippen molar-refractivity contribution in [2.24, 2.45) is 5.41 Å². The van der Waals surface area contributed by atoms with Crippen LogP contribution in [0.15, 0.2) is 11.0 Å². The highest BCUT2D eigenvalue weighted by Crippen LogP contribution is 2.37. The third kappa shape index (κ3) is 2.97. The molecule has 0 spiro atoms. The van der Waals surface area contributed by atoms with E-state index in [0.717, 1.165) is 25.7 Å². The molecule has 0 aliphatic heterocycles. The van der Waals surface area contributed by atoms with Crippen molar-refractivity contribution in [3.8, 4) is 12.3 Å². The summed E-state index contributed by atoms with van der Waals surface area (Å²) in [5.41, 5.74) is -0.186. The summed E-state index contributed by atoms with van der Waals surface area (Å²) < 4.78 is 1.19. The first-order valence-electron chi connectivity index (χ1n) is 6.66. The first kappa shape index (κ1) is 14.9. The van der Waals surface area contributed by atoms with Crippen molar-refractivity contribution in [1.29, 1.82) is 0 Å². The molecule has 0 saturated heterocycles. The summed E-state index contributed by atoms with van der Waals surface area (Å²) in [6.07, 6.45) is 10.7. The summed E-state index contributed by atoms with van der Waals surface area (Å²) in [5.74, 6) is 2.38. The number of hydrogen-bond acceptors (Lipinski definition) is 4. The van der Waals surface area contributed by atoms with Crippen molar-refractivity contribution >= 4 is 17.3 Å². The summed E-state index contributed by atoms with van der Waals surface area (Å²) in [6, 6.07) is 0. The van der Waals surface area contributed by atoms with Crippen LogP contribution in [0.2, 0.25) is 5.02 Å². The molecule has 2 rings (SSSR count). The Balaban J connectivity index is 2.19. The number of nitrogens with zero attached hydrogens (tertiary/aromatic N) is 2. The Hall–Kier alpha value is -1.51. The number of hydrogen-bond donors (Lipinski definition) is 2. The van der Waals surface area contributed by atoms with Crippen LogP contribution in [0.1, 0.15) is 25.7 Å². The lowest BCUT2D eigenvalue weighted by molar-refractivity contribution is 0.142. The number of aliphatic hydroxyl groups is 1. The van der Waals surface area contributed by atoms with Crippen LogP contribution in [0.5, 0.6) is 0 Å².